The molecule has 5 rings (SSSR count). The summed E-state index contributed by atoms with van der Waals surface area (Å²) in [4.78, 5) is 27.8. The lowest BCUT2D eigenvalue weighted by atomic mass is 10.0. The average Bonchev–Trinajstić information content (AvgIpc) is 3.39. The van der Waals surface area contributed by atoms with Crippen molar-refractivity contribution < 1.29 is 33.7 Å². The van der Waals surface area contributed by atoms with E-state index in [0.717, 1.165) is 17.1 Å². The predicted octanol–water partition coefficient (Wildman–Crippen LogP) is 2.54. The first-order valence-corrected chi connectivity index (χ1v) is 11.0. The van der Waals surface area contributed by atoms with Crippen LogP contribution in [0.2, 0.25) is 0 Å². The molecule has 2 aliphatic heterocycles. The monoisotopic (exact) mass is 469 g/mol. The molecule has 0 radical (unpaired) electrons. The van der Waals surface area contributed by atoms with Crippen LogP contribution in [0, 0.1) is 5.82 Å². The van der Waals surface area contributed by atoms with E-state index in [1.807, 2.05) is 23.1 Å². The van der Waals surface area contributed by atoms with E-state index in [-0.39, 0.29) is 13.3 Å². The molecular formula is C24H24FN3O6. The molecule has 0 amide bonds. The molecule has 10 heteroatoms. The number of carboxylic acid groups (broad SMARTS) is 2. The summed E-state index contributed by atoms with van der Waals surface area (Å²) in [6, 6.07) is 8.91. The van der Waals surface area contributed by atoms with E-state index in [1.54, 1.807) is 0 Å². The van der Waals surface area contributed by atoms with Crippen LogP contribution in [0.4, 0.5) is 4.39 Å². The van der Waals surface area contributed by atoms with Crippen molar-refractivity contribution in [2.24, 2.45) is 0 Å². The van der Waals surface area contributed by atoms with Crippen molar-refractivity contribution >= 4 is 22.8 Å². The highest BCUT2D eigenvalue weighted by Crippen LogP contribution is 2.34. The fraction of sp³-hybridized carbons (Fsp3) is 0.333. The molecule has 9 nitrogen and oxygen atoms in total. The zero-order chi connectivity index (χ0) is 23.8. The number of rotatable bonds is 7. The van der Waals surface area contributed by atoms with Gasteiger partial charge in [-0.1, -0.05) is 6.07 Å². The highest BCUT2D eigenvalue weighted by molar-refractivity contribution is 5.90. The maximum Gasteiger partial charge on any atom is 0.325 e. The van der Waals surface area contributed by atoms with Crippen molar-refractivity contribution in [3.8, 4) is 11.5 Å². The second-order valence-corrected chi connectivity index (χ2v) is 8.51. The summed E-state index contributed by atoms with van der Waals surface area (Å²) in [5.41, 5.74) is 1.92. The predicted molar refractivity (Wildman–Crippen MR) is 119 cm³/mol. The Hall–Kier alpha value is -3.63. The molecule has 0 aliphatic carbocycles. The van der Waals surface area contributed by atoms with Gasteiger partial charge in [0.05, 0.1) is 5.52 Å². The van der Waals surface area contributed by atoms with E-state index >= 15 is 0 Å². The number of aliphatic carboxylic acids is 2. The number of carbonyl (C=O) groups is 2. The van der Waals surface area contributed by atoms with Gasteiger partial charge in [0.2, 0.25) is 6.79 Å². The largest absolute Gasteiger partial charge is 0.480 e. The van der Waals surface area contributed by atoms with E-state index in [9.17, 15) is 24.2 Å². The number of benzene rings is 2. The molecular weight excluding hydrogens is 445 g/mol. The van der Waals surface area contributed by atoms with Crippen LogP contribution in [-0.2, 0) is 22.7 Å². The summed E-state index contributed by atoms with van der Waals surface area (Å²) >= 11 is 0. The minimum absolute atomic E-state index is 0.226. The highest BCUT2D eigenvalue weighted by atomic mass is 19.1. The van der Waals surface area contributed by atoms with Gasteiger partial charge < -0.3 is 24.3 Å². The number of hydrogen-bond donors (Lipinski definition) is 2. The molecule has 178 valence electrons. The van der Waals surface area contributed by atoms with E-state index in [0.29, 0.717) is 49.2 Å². The summed E-state index contributed by atoms with van der Waals surface area (Å²) in [5.74, 6) is -1.15. The van der Waals surface area contributed by atoms with Crippen LogP contribution in [0.3, 0.4) is 0 Å². The van der Waals surface area contributed by atoms with Crippen LogP contribution < -0.4 is 9.47 Å². The van der Waals surface area contributed by atoms with E-state index < -0.39 is 23.8 Å². The van der Waals surface area contributed by atoms with E-state index in [1.165, 1.54) is 29.0 Å². The summed E-state index contributed by atoms with van der Waals surface area (Å²) in [5, 5.41) is 19.9. The number of halogens is 1. The third-order valence-electron chi connectivity index (χ3n) is 6.32. The molecule has 2 aromatic carbocycles. The number of hydrogen-bond acceptors (Lipinski definition) is 6. The van der Waals surface area contributed by atoms with Crippen molar-refractivity contribution in [3.63, 3.8) is 0 Å². The fourth-order valence-electron chi connectivity index (χ4n) is 4.75. The van der Waals surface area contributed by atoms with Gasteiger partial charge in [-0.05, 0) is 35.9 Å². The zero-order valence-corrected chi connectivity index (χ0v) is 18.3. The summed E-state index contributed by atoms with van der Waals surface area (Å²) in [7, 11) is 0. The fourth-order valence-corrected chi connectivity index (χ4v) is 4.75. The van der Waals surface area contributed by atoms with Gasteiger partial charge in [-0.25, -0.2) is 4.39 Å². The van der Waals surface area contributed by atoms with Gasteiger partial charge in [0.1, 0.15) is 18.4 Å². The molecule has 1 saturated heterocycles. The highest BCUT2D eigenvalue weighted by Gasteiger charge is 2.33. The molecule has 0 bridgehead atoms. The Kier molecular flexibility index (Phi) is 5.84. The minimum Gasteiger partial charge on any atom is -0.480 e. The van der Waals surface area contributed by atoms with Crippen molar-refractivity contribution in [2.75, 3.05) is 33.0 Å². The number of fused-ring (bicyclic) bond motifs is 2. The van der Waals surface area contributed by atoms with E-state index in [2.05, 4.69) is 4.90 Å². The van der Waals surface area contributed by atoms with Crippen molar-refractivity contribution in [1.82, 2.24) is 14.4 Å². The minimum atomic E-state index is -1.09. The molecule has 0 spiro atoms. The van der Waals surface area contributed by atoms with Crippen molar-refractivity contribution in [2.45, 2.75) is 19.1 Å². The third kappa shape index (κ3) is 4.29. The number of aromatic nitrogens is 1. The van der Waals surface area contributed by atoms with Crippen LogP contribution in [0.15, 0.2) is 42.6 Å². The van der Waals surface area contributed by atoms with Crippen LogP contribution in [0.25, 0.3) is 10.9 Å². The maximum atomic E-state index is 13.9. The number of piperazine rings is 1. The first-order valence-electron chi connectivity index (χ1n) is 11.0. The topological polar surface area (TPSA) is 104 Å². The summed E-state index contributed by atoms with van der Waals surface area (Å²) in [6.45, 7) is 2.93. The second kappa shape index (κ2) is 8.96. The summed E-state index contributed by atoms with van der Waals surface area (Å²) < 4.78 is 26.1. The van der Waals surface area contributed by atoms with Crippen LogP contribution in [-0.4, -0.2) is 69.5 Å². The Bertz CT molecular complexity index is 1250. The second-order valence-electron chi connectivity index (χ2n) is 8.51. The molecule has 0 unspecified atom stereocenters. The Labute approximate surface area is 194 Å². The first kappa shape index (κ1) is 22.2. The van der Waals surface area contributed by atoms with E-state index in [4.69, 9.17) is 9.47 Å². The Balaban J connectivity index is 1.34. The number of nitrogens with zero attached hydrogens (tertiary/aromatic N) is 3. The summed E-state index contributed by atoms with van der Waals surface area (Å²) in [6.07, 6.45) is 1.52. The average molecular weight is 469 g/mol. The maximum absolute atomic E-state index is 13.9. The lowest BCUT2D eigenvalue weighted by Crippen LogP contribution is -2.48. The number of carboxylic acids is 2. The van der Waals surface area contributed by atoms with Gasteiger partial charge in [0.15, 0.2) is 11.5 Å². The van der Waals surface area contributed by atoms with Gasteiger partial charge >= 0.3 is 11.9 Å². The number of ether oxygens (including phenoxy) is 2. The lowest BCUT2D eigenvalue weighted by molar-refractivity contribution is -0.144. The molecule has 3 heterocycles. The van der Waals surface area contributed by atoms with Crippen LogP contribution in [0.1, 0.15) is 17.2 Å². The smallest absolute Gasteiger partial charge is 0.325 e. The third-order valence-corrected chi connectivity index (χ3v) is 6.32. The lowest BCUT2D eigenvalue weighted by Gasteiger charge is -2.37. The van der Waals surface area contributed by atoms with Gasteiger partial charge in [0, 0.05) is 49.9 Å². The Morgan fingerprint density at radius 2 is 1.76 bits per heavy atom. The molecule has 0 saturated carbocycles. The van der Waals surface area contributed by atoms with Crippen molar-refractivity contribution in [3.05, 3.63) is 59.5 Å². The Morgan fingerprint density at radius 3 is 2.50 bits per heavy atom. The zero-order valence-electron chi connectivity index (χ0n) is 18.3. The molecule has 34 heavy (non-hydrogen) atoms. The standard InChI is InChI=1S/C24H24FN3O6/c25-16-2-3-17-18(12-28(13-22(29)30)19(17)10-16)23(24(31)32)27-7-5-26(6-8-27)11-15-1-4-20-21(9-15)34-14-33-20/h1-4,9-10,12,23H,5-8,11,13-14H2,(H,29,30)(H,31,32)/t23-/m1/s1. The quantitative estimate of drug-likeness (QED) is 0.544. The van der Waals surface area contributed by atoms with Crippen molar-refractivity contribution in [1.29, 1.82) is 0 Å². The van der Waals surface area contributed by atoms with Gasteiger partial charge in [0.25, 0.3) is 0 Å². The van der Waals surface area contributed by atoms with Gasteiger partial charge in [-0.3, -0.25) is 19.4 Å². The van der Waals surface area contributed by atoms with Gasteiger partial charge in [-0.2, -0.15) is 0 Å². The SMILES string of the molecule is O=C(O)Cn1cc([C@H](C(=O)O)N2CCN(Cc3ccc4c(c3)OCO4)CC2)c2ccc(F)cc21. The molecule has 2 aliphatic rings. The van der Waals surface area contributed by atoms with Gasteiger partial charge in [-0.15, -0.1) is 0 Å². The Morgan fingerprint density at radius 1 is 1.00 bits per heavy atom. The van der Waals surface area contributed by atoms with Crippen LogP contribution in [0.5, 0.6) is 11.5 Å². The molecule has 1 fully saturated rings. The molecule has 1 aromatic heterocycles. The molecule has 1 atom stereocenters. The molecule has 2 N–H and O–H groups in total. The first-order chi connectivity index (χ1) is 16.4. The van der Waals surface area contributed by atoms with Crippen LogP contribution >= 0.6 is 0 Å². The normalized spacial score (nSPS) is 17.2. The molecule has 3 aromatic rings.